The van der Waals surface area contributed by atoms with Gasteiger partial charge < -0.3 is 20.5 Å². The Morgan fingerprint density at radius 1 is 1.00 bits per heavy atom. The molecule has 4 rings (SSSR count). The average molecular weight is 465 g/mol. The first-order valence-corrected chi connectivity index (χ1v) is 12.0. The summed E-state index contributed by atoms with van der Waals surface area (Å²) in [6.45, 7) is 2.02. The van der Waals surface area contributed by atoms with Gasteiger partial charge in [0.2, 0.25) is 5.91 Å². The third-order valence-electron chi connectivity index (χ3n) is 6.97. The smallest absolute Gasteiger partial charge is 0.407 e. The highest BCUT2D eigenvalue weighted by Gasteiger charge is 2.32. The molecule has 0 heterocycles. The highest BCUT2D eigenvalue weighted by molar-refractivity contribution is 5.80. The summed E-state index contributed by atoms with van der Waals surface area (Å²) in [5.74, 6) is -0.835. The third kappa shape index (κ3) is 5.58. The SMILES string of the molecule is CC(CCC(=O)O)NC(=O)CC(NC(=O)OCC1c2ccccc2-c2ccccc21)C1CCC1. The summed E-state index contributed by atoms with van der Waals surface area (Å²) in [6, 6.07) is 15.8. The van der Waals surface area contributed by atoms with Crippen LogP contribution in [0.5, 0.6) is 0 Å². The number of hydrogen-bond acceptors (Lipinski definition) is 4. The van der Waals surface area contributed by atoms with Crippen LogP contribution in [0.4, 0.5) is 4.79 Å². The van der Waals surface area contributed by atoms with Crippen LogP contribution < -0.4 is 10.6 Å². The van der Waals surface area contributed by atoms with Gasteiger partial charge in [-0.1, -0.05) is 55.0 Å². The number of carbonyl (C=O) groups excluding carboxylic acids is 2. The molecule has 2 aromatic carbocycles. The van der Waals surface area contributed by atoms with E-state index in [1.54, 1.807) is 6.92 Å². The summed E-state index contributed by atoms with van der Waals surface area (Å²) in [7, 11) is 0. The second kappa shape index (κ2) is 10.7. The van der Waals surface area contributed by atoms with Gasteiger partial charge in [-0.25, -0.2) is 4.79 Å². The zero-order valence-electron chi connectivity index (χ0n) is 19.5. The van der Waals surface area contributed by atoms with Crippen molar-refractivity contribution in [3.05, 3.63) is 59.7 Å². The number of ether oxygens (including phenoxy) is 1. The molecular weight excluding hydrogens is 432 g/mol. The Bertz CT molecular complexity index is 1000. The number of aliphatic carboxylic acids is 1. The summed E-state index contributed by atoms with van der Waals surface area (Å²) >= 11 is 0. The predicted octanol–water partition coefficient (Wildman–Crippen LogP) is 4.45. The Balaban J connectivity index is 1.33. The standard InChI is InChI=1S/C27H32N2O5/c1-17(13-14-26(31)32)28-25(30)15-24(18-7-6-8-18)29-27(33)34-16-23-21-11-4-2-9-19(21)20-10-3-5-12-22(20)23/h2-5,9-12,17-18,23-24H,6-8,13-16H2,1H3,(H,28,30)(H,29,33)(H,31,32). The van der Waals surface area contributed by atoms with E-state index in [2.05, 4.69) is 34.9 Å². The number of carboxylic acids is 1. The van der Waals surface area contributed by atoms with E-state index >= 15 is 0 Å². The maximum Gasteiger partial charge on any atom is 0.407 e. The van der Waals surface area contributed by atoms with Crippen LogP contribution in [0.3, 0.4) is 0 Å². The fourth-order valence-corrected chi connectivity index (χ4v) is 4.91. The Kier molecular flexibility index (Phi) is 7.50. The van der Waals surface area contributed by atoms with E-state index < -0.39 is 12.1 Å². The Morgan fingerprint density at radius 3 is 2.18 bits per heavy atom. The fraction of sp³-hybridized carbons (Fsp3) is 0.444. The molecule has 3 N–H and O–H groups in total. The molecule has 2 aliphatic carbocycles. The molecule has 1 saturated carbocycles. The molecule has 7 nitrogen and oxygen atoms in total. The minimum absolute atomic E-state index is 0.00546. The van der Waals surface area contributed by atoms with Crippen LogP contribution in [0.15, 0.2) is 48.5 Å². The molecule has 180 valence electrons. The Hall–Kier alpha value is -3.35. The van der Waals surface area contributed by atoms with Crippen molar-refractivity contribution in [3.8, 4) is 11.1 Å². The predicted molar refractivity (Wildman–Crippen MR) is 128 cm³/mol. The van der Waals surface area contributed by atoms with Gasteiger partial charge in [0.25, 0.3) is 0 Å². The van der Waals surface area contributed by atoms with E-state index in [-0.39, 0.29) is 49.3 Å². The minimum Gasteiger partial charge on any atom is -0.481 e. The van der Waals surface area contributed by atoms with Gasteiger partial charge in [-0.3, -0.25) is 9.59 Å². The van der Waals surface area contributed by atoms with Crippen LogP contribution >= 0.6 is 0 Å². The molecule has 0 saturated heterocycles. The highest BCUT2D eigenvalue weighted by atomic mass is 16.5. The first-order valence-electron chi connectivity index (χ1n) is 12.0. The first-order chi connectivity index (χ1) is 16.4. The highest BCUT2D eigenvalue weighted by Crippen LogP contribution is 2.44. The van der Waals surface area contributed by atoms with Gasteiger partial charge in [-0.05, 0) is 54.4 Å². The molecular formula is C27H32N2O5. The van der Waals surface area contributed by atoms with Crippen molar-refractivity contribution >= 4 is 18.0 Å². The first kappa shape index (κ1) is 23.8. The quantitative estimate of drug-likeness (QED) is 0.482. The normalized spacial score (nSPS) is 16.5. The van der Waals surface area contributed by atoms with Gasteiger partial charge in [-0.2, -0.15) is 0 Å². The summed E-state index contributed by atoms with van der Waals surface area (Å²) in [5.41, 5.74) is 4.66. The second-order valence-corrected chi connectivity index (χ2v) is 9.37. The molecule has 2 amide bonds. The van der Waals surface area contributed by atoms with Crippen molar-refractivity contribution in [3.63, 3.8) is 0 Å². The van der Waals surface area contributed by atoms with Crippen molar-refractivity contribution < 1.29 is 24.2 Å². The molecule has 0 aromatic heterocycles. The van der Waals surface area contributed by atoms with E-state index in [9.17, 15) is 14.4 Å². The van der Waals surface area contributed by atoms with Gasteiger partial charge in [0.1, 0.15) is 6.61 Å². The molecule has 2 atom stereocenters. The van der Waals surface area contributed by atoms with Crippen LogP contribution in [-0.2, 0) is 14.3 Å². The van der Waals surface area contributed by atoms with Crippen molar-refractivity contribution in [2.45, 2.75) is 63.5 Å². The van der Waals surface area contributed by atoms with E-state index in [1.165, 1.54) is 11.1 Å². The summed E-state index contributed by atoms with van der Waals surface area (Å²) < 4.78 is 5.67. The van der Waals surface area contributed by atoms with Gasteiger partial charge in [0, 0.05) is 30.8 Å². The number of amides is 2. The van der Waals surface area contributed by atoms with Gasteiger partial charge in [-0.15, -0.1) is 0 Å². The van der Waals surface area contributed by atoms with Gasteiger partial charge in [0.05, 0.1) is 0 Å². The van der Waals surface area contributed by atoms with Gasteiger partial charge in [0.15, 0.2) is 0 Å². The minimum atomic E-state index is -0.884. The number of nitrogens with one attached hydrogen (secondary N) is 2. The van der Waals surface area contributed by atoms with Crippen LogP contribution in [0.2, 0.25) is 0 Å². The lowest BCUT2D eigenvalue weighted by Gasteiger charge is -2.34. The number of rotatable bonds is 10. The topological polar surface area (TPSA) is 105 Å². The number of benzene rings is 2. The molecule has 34 heavy (non-hydrogen) atoms. The van der Waals surface area contributed by atoms with Crippen LogP contribution in [0.1, 0.15) is 62.5 Å². The van der Waals surface area contributed by atoms with E-state index in [1.807, 2.05) is 24.3 Å². The lowest BCUT2D eigenvalue weighted by atomic mass is 9.78. The lowest BCUT2D eigenvalue weighted by Crippen LogP contribution is -2.47. The van der Waals surface area contributed by atoms with E-state index in [4.69, 9.17) is 9.84 Å². The number of carboxylic acid groups (broad SMARTS) is 1. The fourth-order valence-electron chi connectivity index (χ4n) is 4.91. The molecule has 2 aliphatic rings. The van der Waals surface area contributed by atoms with Crippen molar-refractivity contribution in [1.82, 2.24) is 10.6 Å². The van der Waals surface area contributed by atoms with Crippen molar-refractivity contribution in [1.29, 1.82) is 0 Å². The van der Waals surface area contributed by atoms with Gasteiger partial charge >= 0.3 is 12.1 Å². The Morgan fingerprint density at radius 2 is 1.62 bits per heavy atom. The number of hydrogen-bond donors (Lipinski definition) is 3. The number of alkyl carbamates (subject to hydrolysis) is 1. The molecule has 7 heteroatoms. The summed E-state index contributed by atoms with van der Waals surface area (Å²) in [5, 5.41) is 14.6. The molecule has 1 fully saturated rings. The molecule has 0 aliphatic heterocycles. The average Bonchev–Trinajstić information content (AvgIpc) is 3.09. The molecule has 0 spiro atoms. The Labute approximate surface area is 199 Å². The molecule has 2 unspecified atom stereocenters. The summed E-state index contributed by atoms with van der Waals surface area (Å²) in [6.07, 6.45) is 3.05. The second-order valence-electron chi connectivity index (χ2n) is 9.37. The summed E-state index contributed by atoms with van der Waals surface area (Å²) in [4.78, 5) is 36.0. The largest absolute Gasteiger partial charge is 0.481 e. The monoisotopic (exact) mass is 464 g/mol. The maximum atomic E-state index is 12.7. The van der Waals surface area contributed by atoms with Crippen LogP contribution in [-0.4, -0.2) is 41.8 Å². The third-order valence-corrected chi connectivity index (χ3v) is 6.97. The van der Waals surface area contributed by atoms with E-state index in [0.29, 0.717) is 6.42 Å². The van der Waals surface area contributed by atoms with E-state index in [0.717, 1.165) is 30.4 Å². The number of fused-ring (bicyclic) bond motifs is 3. The van der Waals surface area contributed by atoms with Crippen LogP contribution in [0.25, 0.3) is 11.1 Å². The lowest BCUT2D eigenvalue weighted by molar-refractivity contribution is -0.137. The molecule has 2 aromatic rings. The zero-order chi connectivity index (χ0) is 24.1. The number of carbonyl (C=O) groups is 3. The van der Waals surface area contributed by atoms with Crippen molar-refractivity contribution in [2.75, 3.05) is 6.61 Å². The van der Waals surface area contributed by atoms with Crippen LogP contribution in [0, 0.1) is 5.92 Å². The van der Waals surface area contributed by atoms with Crippen molar-refractivity contribution in [2.24, 2.45) is 5.92 Å². The molecule has 0 radical (unpaired) electrons. The maximum absolute atomic E-state index is 12.7. The zero-order valence-corrected chi connectivity index (χ0v) is 19.5. The molecule has 0 bridgehead atoms.